The average molecular weight is 239 g/mol. The molecule has 1 aromatic heterocycles. The van der Waals surface area contributed by atoms with Gasteiger partial charge in [-0.15, -0.1) is 0 Å². The minimum absolute atomic E-state index is 0.0524. The zero-order valence-electron chi connectivity index (χ0n) is 8.84. The number of benzene rings is 1. The monoisotopic (exact) mass is 239 g/mol. The van der Waals surface area contributed by atoms with Crippen LogP contribution in [0.5, 0.6) is 0 Å². The molecule has 0 fully saturated rings. The zero-order chi connectivity index (χ0) is 12.4. The number of anilines is 2. The van der Waals surface area contributed by atoms with Crippen LogP contribution < -0.4 is 5.32 Å². The first-order valence-electron chi connectivity index (χ1n) is 4.77. The predicted molar refractivity (Wildman–Crippen MR) is 56.4 cm³/mol. The molecule has 1 heterocycles. The number of halogens is 3. The first kappa shape index (κ1) is 11.4. The van der Waals surface area contributed by atoms with Crippen LogP contribution in [0.1, 0.15) is 5.69 Å². The van der Waals surface area contributed by atoms with Gasteiger partial charge < -0.3 is 5.32 Å². The number of aryl methyl sites for hydroxylation is 1. The van der Waals surface area contributed by atoms with Crippen molar-refractivity contribution < 1.29 is 13.2 Å². The summed E-state index contributed by atoms with van der Waals surface area (Å²) in [5, 5.41) is 2.44. The molecule has 0 saturated carbocycles. The lowest BCUT2D eigenvalue weighted by molar-refractivity contribution is 0.584. The first-order chi connectivity index (χ1) is 8.08. The van der Waals surface area contributed by atoms with E-state index in [-0.39, 0.29) is 17.2 Å². The largest absolute Gasteiger partial charge is 0.335 e. The van der Waals surface area contributed by atoms with E-state index >= 15 is 0 Å². The van der Waals surface area contributed by atoms with Gasteiger partial charge in [0.1, 0.15) is 18.0 Å². The van der Waals surface area contributed by atoms with Crippen molar-refractivity contribution >= 4 is 11.5 Å². The lowest BCUT2D eigenvalue weighted by Gasteiger charge is -2.08. The van der Waals surface area contributed by atoms with E-state index in [1.54, 1.807) is 0 Å². The van der Waals surface area contributed by atoms with E-state index in [2.05, 4.69) is 15.3 Å². The van der Waals surface area contributed by atoms with Crippen LogP contribution in [-0.2, 0) is 0 Å². The molecule has 0 atom stereocenters. The third-order valence-corrected chi connectivity index (χ3v) is 2.15. The molecule has 0 amide bonds. The summed E-state index contributed by atoms with van der Waals surface area (Å²) in [6.07, 6.45) is 1.15. The van der Waals surface area contributed by atoms with Crippen LogP contribution in [0.4, 0.5) is 24.7 Å². The van der Waals surface area contributed by atoms with Crippen molar-refractivity contribution in [3.8, 4) is 0 Å². The van der Waals surface area contributed by atoms with Gasteiger partial charge in [0.15, 0.2) is 11.6 Å². The molecule has 17 heavy (non-hydrogen) atoms. The molecule has 0 saturated heterocycles. The Morgan fingerprint density at radius 2 is 1.88 bits per heavy atom. The number of nitrogens with one attached hydrogen (secondary N) is 1. The van der Waals surface area contributed by atoms with E-state index in [0.29, 0.717) is 6.07 Å². The Morgan fingerprint density at radius 1 is 1.12 bits per heavy atom. The number of rotatable bonds is 2. The van der Waals surface area contributed by atoms with Gasteiger partial charge >= 0.3 is 0 Å². The Hall–Kier alpha value is -2.11. The Kier molecular flexibility index (Phi) is 2.95. The fraction of sp³-hybridized carbons (Fsp3) is 0.0909. The highest BCUT2D eigenvalue weighted by Gasteiger charge is 2.10. The van der Waals surface area contributed by atoms with Gasteiger partial charge in [-0.1, -0.05) is 0 Å². The van der Waals surface area contributed by atoms with Gasteiger partial charge in [0.05, 0.1) is 11.4 Å². The van der Waals surface area contributed by atoms with E-state index in [1.165, 1.54) is 13.0 Å². The van der Waals surface area contributed by atoms with Crippen LogP contribution in [0.25, 0.3) is 0 Å². The summed E-state index contributed by atoms with van der Waals surface area (Å²) in [5.41, 5.74) is 0.0911. The highest BCUT2D eigenvalue weighted by molar-refractivity contribution is 5.57. The quantitative estimate of drug-likeness (QED) is 0.875. The fourth-order valence-electron chi connectivity index (χ4n) is 1.26. The fourth-order valence-corrected chi connectivity index (χ4v) is 1.26. The Morgan fingerprint density at radius 3 is 2.59 bits per heavy atom. The lowest BCUT2D eigenvalue weighted by Crippen LogP contribution is -2.02. The first-order valence-corrected chi connectivity index (χ1v) is 4.77. The molecule has 6 heteroatoms. The molecule has 2 aromatic rings. The Bertz CT molecular complexity index is 558. The molecule has 0 aliphatic heterocycles. The predicted octanol–water partition coefficient (Wildman–Crippen LogP) is 2.95. The molecular weight excluding hydrogens is 231 g/mol. The van der Waals surface area contributed by atoms with E-state index in [9.17, 15) is 13.2 Å². The summed E-state index contributed by atoms with van der Waals surface area (Å²) in [6, 6.07) is 2.94. The maximum atomic E-state index is 13.5. The Balaban J connectivity index is 2.35. The van der Waals surface area contributed by atoms with Gasteiger partial charge in [0.25, 0.3) is 0 Å². The molecule has 0 spiro atoms. The van der Waals surface area contributed by atoms with E-state index in [4.69, 9.17) is 0 Å². The van der Waals surface area contributed by atoms with Crippen molar-refractivity contribution in [2.24, 2.45) is 0 Å². The van der Waals surface area contributed by atoms with Crippen molar-refractivity contribution in [1.29, 1.82) is 0 Å². The molecule has 0 bridgehead atoms. The number of hydrogen-bond acceptors (Lipinski definition) is 3. The lowest BCUT2D eigenvalue weighted by atomic mass is 10.3. The standard InChI is InChI=1S/C11H8F3N3/c1-6-10(14)11(16-5-15-6)17-9-3-2-7(12)4-8(9)13/h2-5H,1H3,(H,15,16,17). The second-order valence-corrected chi connectivity index (χ2v) is 3.37. The van der Waals surface area contributed by atoms with Crippen LogP contribution >= 0.6 is 0 Å². The normalized spacial score (nSPS) is 10.4. The number of hydrogen-bond donors (Lipinski definition) is 1. The maximum Gasteiger partial charge on any atom is 0.186 e. The van der Waals surface area contributed by atoms with E-state index in [0.717, 1.165) is 12.4 Å². The maximum absolute atomic E-state index is 13.5. The van der Waals surface area contributed by atoms with Crippen LogP contribution in [0.15, 0.2) is 24.5 Å². The number of aromatic nitrogens is 2. The van der Waals surface area contributed by atoms with Crippen LogP contribution in [0, 0.1) is 24.4 Å². The van der Waals surface area contributed by atoms with E-state index in [1.807, 2.05) is 0 Å². The molecule has 3 nitrogen and oxygen atoms in total. The van der Waals surface area contributed by atoms with Crippen molar-refractivity contribution in [3.63, 3.8) is 0 Å². The van der Waals surface area contributed by atoms with Gasteiger partial charge in [0, 0.05) is 6.07 Å². The minimum Gasteiger partial charge on any atom is -0.335 e. The zero-order valence-corrected chi connectivity index (χ0v) is 8.84. The highest BCUT2D eigenvalue weighted by Crippen LogP contribution is 2.21. The van der Waals surface area contributed by atoms with Crippen molar-refractivity contribution in [1.82, 2.24) is 9.97 Å². The molecule has 2 rings (SSSR count). The summed E-state index contributed by atoms with van der Waals surface area (Å²) < 4.78 is 39.5. The van der Waals surface area contributed by atoms with Crippen LogP contribution in [0.2, 0.25) is 0 Å². The van der Waals surface area contributed by atoms with E-state index < -0.39 is 17.5 Å². The van der Waals surface area contributed by atoms with Crippen molar-refractivity contribution in [3.05, 3.63) is 47.7 Å². The van der Waals surface area contributed by atoms with Crippen LogP contribution in [-0.4, -0.2) is 9.97 Å². The summed E-state index contributed by atoms with van der Waals surface area (Å²) >= 11 is 0. The summed E-state index contributed by atoms with van der Waals surface area (Å²) in [4.78, 5) is 7.28. The molecular formula is C11H8F3N3. The second-order valence-electron chi connectivity index (χ2n) is 3.37. The van der Waals surface area contributed by atoms with Gasteiger partial charge in [-0.05, 0) is 19.1 Å². The summed E-state index contributed by atoms with van der Waals surface area (Å²) in [6.45, 7) is 1.46. The number of nitrogens with zero attached hydrogens (tertiary/aromatic N) is 2. The van der Waals surface area contributed by atoms with Gasteiger partial charge in [-0.3, -0.25) is 0 Å². The topological polar surface area (TPSA) is 37.8 Å². The molecule has 1 aromatic carbocycles. The van der Waals surface area contributed by atoms with Gasteiger partial charge in [-0.25, -0.2) is 23.1 Å². The smallest absolute Gasteiger partial charge is 0.186 e. The average Bonchev–Trinajstić information content (AvgIpc) is 2.28. The van der Waals surface area contributed by atoms with Crippen molar-refractivity contribution in [2.75, 3.05) is 5.32 Å². The molecule has 0 aliphatic carbocycles. The Labute approximate surface area is 95.3 Å². The van der Waals surface area contributed by atoms with Crippen molar-refractivity contribution in [2.45, 2.75) is 6.92 Å². The van der Waals surface area contributed by atoms with Gasteiger partial charge in [-0.2, -0.15) is 0 Å². The summed E-state index contributed by atoms with van der Waals surface area (Å²) in [7, 11) is 0. The second kappa shape index (κ2) is 4.40. The molecule has 0 aliphatic rings. The molecule has 0 unspecified atom stereocenters. The van der Waals surface area contributed by atoms with Crippen LogP contribution in [0.3, 0.4) is 0 Å². The molecule has 1 N–H and O–H groups in total. The molecule has 0 radical (unpaired) electrons. The molecule has 88 valence electrons. The van der Waals surface area contributed by atoms with Gasteiger partial charge in [0.2, 0.25) is 0 Å². The summed E-state index contributed by atoms with van der Waals surface area (Å²) in [5.74, 6) is -2.34. The highest BCUT2D eigenvalue weighted by atomic mass is 19.1. The SMILES string of the molecule is Cc1ncnc(Nc2ccc(F)cc2F)c1F. The minimum atomic E-state index is -0.819. The third-order valence-electron chi connectivity index (χ3n) is 2.15. The third kappa shape index (κ3) is 2.35.